The van der Waals surface area contributed by atoms with Crippen LogP contribution in [0, 0.1) is 0 Å². The van der Waals surface area contributed by atoms with E-state index in [1.807, 2.05) is 30.5 Å². The topological polar surface area (TPSA) is 99.1 Å². The maximum atomic E-state index is 11.2. The van der Waals surface area contributed by atoms with Crippen LogP contribution in [0.15, 0.2) is 42.6 Å². The first-order chi connectivity index (χ1) is 9.92. The first-order valence-corrected chi connectivity index (χ1v) is 8.45. The monoisotopic (exact) mass is 303 g/mol. The highest BCUT2D eigenvalue weighted by atomic mass is 32.2. The molecule has 0 amide bonds. The van der Waals surface area contributed by atoms with Crippen LogP contribution in [-0.4, -0.2) is 19.4 Å². The van der Waals surface area contributed by atoms with E-state index in [4.69, 9.17) is 10.9 Å². The predicted octanol–water partition coefficient (Wildman–Crippen LogP) is 1.35. The lowest BCUT2D eigenvalue weighted by Crippen LogP contribution is -2.14. The van der Waals surface area contributed by atoms with Gasteiger partial charge in [0, 0.05) is 23.7 Å². The molecule has 6 heteroatoms. The molecule has 1 heterocycles. The fourth-order valence-electron chi connectivity index (χ4n) is 2.45. The van der Waals surface area contributed by atoms with E-state index < -0.39 is 10.0 Å². The summed E-state index contributed by atoms with van der Waals surface area (Å²) in [6.45, 7) is 0. The average molecular weight is 303 g/mol. The molecular weight excluding hydrogens is 286 g/mol. The summed E-state index contributed by atoms with van der Waals surface area (Å²) in [5.41, 5.74) is 9.33. The van der Waals surface area contributed by atoms with Crippen molar-refractivity contribution in [3.8, 4) is 11.3 Å². The third-order valence-electron chi connectivity index (χ3n) is 3.64. The number of primary sulfonamides is 1. The van der Waals surface area contributed by atoms with Gasteiger partial charge in [0.15, 0.2) is 0 Å². The van der Waals surface area contributed by atoms with Crippen molar-refractivity contribution in [3.63, 3.8) is 0 Å². The smallest absolute Gasteiger partial charge is 0.213 e. The summed E-state index contributed by atoms with van der Waals surface area (Å²) < 4.78 is 22.3. The average Bonchev–Trinajstić information content (AvgIpc) is 3.14. The summed E-state index contributed by atoms with van der Waals surface area (Å²) in [4.78, 5) is 4.45. The Labute approximate surface area is 124 Å². The Morgan fingerprint density at radius 3 is 2.57 bits per heavy atom. The van der Waals surface area contributed by atoms with Crippen molar-refractivity contribution in [2.24, 2.45) is 10.9 Å². The Hall–Kier alpha value is -1.76. The number of rotatable bonds is 4. The van der Waals surface area contributed by atoms with E-state index >= 15 is 0 Å². The van der Waals surface area contributed by atoms with Crippen LogP contribution >= 0.6 is 0 Å². The number of nitrogens with two attached hydrogens (primary N) is 2. The molecular formula is C15H17N3O2S. The summed E-state index contributed by atoms with van der Waals surface area (Å²) in [7, 11) is -3.53. The predicted molar refractivity (Wildman–Crippen MR) is 81.8 cm³/mol. The minimum atomic E-state index is -3.53. The maximum Gasteiger partial charge on any atom is 0.213 e. The highest BCUT2D eigenvalue weighted by molar-refractivity contribution is 7.88. The summed E-state index contributed by atoms with van der Waals surface area (Å²) in [5.74, 6) is 0.260. The van der Waals surface area contributed by atoms with Gasteiger partial charge in [-0.25, -0.2) is 13.6 Å². The number of pyridine rings is 1. The van der Waals surface area contributed by atoms with E-state index in [2.05, 4.69) is 4.98 Å². The zero-order valence-corrected chi connectivity index (χ0v) is 12.3. The minimum Gasteiger partial charge on any atom is -0.327 e. The van der Waals surface area contributed by atoms with Crippen molar-refractivity contribution in [1.29, 1.82) is 0 Å². The first-order valence-electron chi connectivity index (χ1n) is 6.74. The van der Waals surface area contributed by atoms with Gasteiger partial charge in [-0.3, -0.25) is 4.98 Å². The quantitative estimate of drug-likeness (QED) is 0.890. The maximum absolute atomic E-state index is 11.2. The largest absolute Gasteiger partial charge is 0.327 e. The summed E-state index contributed by atoms with van der Waals surface area (Å²) in [6.07, 6.45) is 2.87. The number of hydrogen-bond acceptors (Lipinski definition) is 4. The Balaban J connectivity index is 1.84. The van der Waals surface area contributed by atoms with Crippen molar-refractivity contribution in [2.75, 3.05) is 0 Å². The molecule has 1 aliphatic rings. The highest BCUT2D eigenvalue weighted by Crippen LogP contribution is 2.38. The molecule has 21 heavy (non-hydrogen) atoms. The first kappa shape index (κ1) is 14.2. The van der Waals surface area contributed by atoms with Crippen LogP contribution in [0.5, 0.6) is 0 Å². The van der Waals surface area contributed by atoms with Gasteiger partial charge in [0.25, 0.3) is 0 Å². The molecule has 0 bridgehead atoms. The second-order valence-electron chi connectivity index (χ2n) is 5.49. The molecule has 0 saturated heterocycles. The van der Waals surface area contributed by atoms with E-state index in [1.165, 1.54) is 0 Å². The number of aromatic nitrogens is 1. The molecule has 3 rings (SSSR count). The van der Waals surface area contributed by atoms with Crippen molar-refractivity contribution < 1.29 is 8.42 Å². The van der Waals surface area contributed by atoms with E-state index in [9.17, 15) is 8.42 Å². The van der Waals surface area contributed by atoms with Gasteiger partial charge in [0.05, 0.1) is 11.4 Å². The van der Waals surface area contributed by atoms with Crippen LogP contribution in [0.1, 0.15) is 23.5 Å². The molecule has 1 aliphatic carbocycles. The van der Waals surface area contributed by atoms with Crippen LogP contribution in [0.2, 0.25) is 0 Å². The Bertz CT molecular complexity index is 757. The van der Waals surface area contributed by atoms with Crippen molar-refractivity contribution in [2.45, 2.75) is 24.1 Å². The van der Waals surface area contributed by atoms with Gasteiger partial charge >= 0.3 is 0 Å². The molecule has 0 aliphatic heterocycles. The Morgan fingerprint density at radius 2 is 2.00 bits per heavy atom. The van der Waals surface area contributed by atoms with Gasteiger partial charge in [-0.15, -0.1) is 0 Å². The lowest BCUT2D eigenvalue weighted by molar-refractivity contribution is 0.597. The van der Waals surface area contributed by atoms with Gasteiger partial charge in [-0.1, -0.05) is 24.3 Å². The number of sulfonamides is 1. The summed E-state index contributed by atoms with van der Waals surface area (Å²) in [5, 5.41) is 5.07. The van der Waals surface area contributed by atoms with Crippen LogP contribution in [0.25, 0.3) is 11.3 Å². The number of hydrogen-bond donors (Lipinski definition) is 2. The van der Waals surface area contributed by atoms with Crippen molar-refractivity contribution >= 4 is 10.0 Å². The molecule has 1 fully saturated rings. The lowest BCUT2D eigenvalue weighted by atomic mass is 10.1. The standard InChI is InChI=1S/C15H17N3O2S/c16-14-7-13(14)12-4-5-15(18-8-12)11-3-1-2-10(6-11)9-21(17,19)20/h1-6,8,13-14H,7,9,16H2,(H2,17,19,20). The number of benzene rings is 1. The zero-order valence-electron chi connectivity index (χ0n) is 11.4. The molecule has 4 N–H and O–H groups in total. The molecule has 5 nitrogen and oxygen atoms in total. The highest BCUT2D eigenvalue weighted by Gasteiger charge is 2.34. The normalized spacial score (nSPS) is 21.2. The summed E-state index contributed by atoms with van der Waals surface area (Å²) in [6, 6.07) is 11.5. The van der Waals surface area contributed by atoms with Crippen LogP contribution in [0.4, 0.5) is 0 Å². The van der Waals surface area contributed by atoms with Crippen molar-refractivity contribution in [3.05, 3.63) is 53.7 Å². The fraction of sp³-hybridized carbons (Fsp3) is 0.267. The SMILES string of the molecule is NC1CC1c1ccc(-c2cccc(CS(N)(=O)=O)c2)nc1. The van der Waals surface area contributed by atoms with Gasteiger partial charge in [0.2, 0.25) is 10.0 Å². The molecule has 0 radical (unpaired) electrons. The third-order valence-corrected chi connectivity index (χ3v) is 4.38. The van der Waals surface area contributed by atoms with E-state index in [1.54, 1.807) is 12.1 Å². The third kappa shape index (κ3) is 3.47. The minimum absolute atomic E-state index is 0.171. The molecule has 2 atom stereocenters. The molecule has 1 saturated carbocycles. The van der Waals surface area contributed by atoms with Crippen LogP contribution in [0.3, 0.4) is 0 Å². The molecule has 2 unspecified atom stereocenters. The zero-order chi connectivity index (χ0) is 15.0. The van der Waals surface area contributed by atoms with Gasteiger partial charge in [0.1, 0.15) is 0 Å². The Morgan fingerprint density at radius 1 is 1.24 bits per heavy atom. The second kappa shape index (κ2) is 5.22. The van der Waals surface area contributed by atoms with E-state index in [0.29, 0.717) is 11.5 Å². The van der Waals surface area contributed by atoms with Gasteiger partial charge < -0.3 is 5.73 Å². The van der Waals surface area contributed by atoms with Gasteiger partial charge in [-0.2, -0.15) is 0 Å². The van der Waals surface area contributed by atoms with E-state index in [-0.39, 0.29) is 11.8 Å². The van der Waals surface area contributed by atoms with Crippen LogP contribution < -0.4 is 10.9 Å². The lowest BCUT2D eigenvalue weighted by Gasteiger charge is -2.05. The summed E-state index contributed by atoms with van der Waals surface area (Å²) >= 11 is 0. The fourth-order valence-corrected chi connectivity index (χ4v) is 3.09. The van der Waals surface area contributed by atoms with Crippen molar-refractivity contribution in [1.82, 2.24) is 4.98 Å². The number of nitrogens with zero attached hydrogens (tertiary/aromatic N) is 1. The molecule has 110 valence electrons. The van der Waals surface area contributed by atoms with Gasteiger partial charge in [-0.05, 0) is 29.7 Å². The van der Waals surface area contributed by atoms with E-state index in [0.717, 1.165) is 23.2 Å². The molecule has 0 spiro atoms. The molecule has 1 aromatic heterocycles. The molecule has 2 aromatic rings. The van der Waals surface area contributed by atoms with Crippen LogP contribution in [-0.2, 0) is 15.8 Å². The second-order valence-corrected chi connectivity index (χ2v) is 7.10. The molecule has 1 aromatic carbocycles. The Kier molecular flexibility index (Phi) is 3.52.